The molecule has 0 unspecified atom stereocenters. The van der Waals surface area contributed by atoms with Gasteiger partial charge in [0, 0.05) is 30.7 Å². The quantitative estimate of drug-likeness (QED) is 0.653. The van der Waals surface area contributed by atoms with Gasteiger partial charge in [-0.25, -0.2) is 13.4 Å². The molecule has 3 heterocycles. The second-order valence-electron chi connectivity index (χ2n) is 6.96. The fourth-order valence-corrected chi connectivity index (χ4v) is 5.29. The largest absolute Gasteiger partial charge is 0.308 e. The third kappa shape index (κ3) is 3.34. The number of rotatable bonds is 4. The number of sulfonamides is 1. The first-order chi connectivity index (χ1) is 13.4. The minimum absolute atomic E-state index is 0.104. The highest BCUT2D eigenvalue weighted by molar-refractivity contribution is 7.89. The van der Waals surface area contributed by atoms with Crippen molar-refractivity contribution in [3.05, 3.63) is 69.2 Å². The summed E-state index contributed by atoms with van der Waals surface area (Å²) in [5, 5.41) is 1.44. The molecular formula is C20H20ClN3O3S. The molecule has 1 aliphatic heterocycles. The number of hydrogen-bond acceptors (Lipinski definition) is 4. The van der Waals surface area contributed by atoms with Gasteiger partial charge < -0.3 is 4.57 Å². The Kier molecular flexibility index (Phi) is 4.99. The number of aryl methyl sites for hydroxylation is 1. The molecule has 0 aliphatic carbocycles. The summed E-state index contributed by atoms with van der Waals surface area (Å²) in [6, 6.07) is 10.3. The van der Waals surface area contributed by atoms with E-state index in [0.717, 1.165) is 29.3 Å². The molecule has 0 atom stereocenters. The Hall–Kier alpha value is -2.22. The second-order valence-corrected chi connectivity index (χ2v) is 9.27. The van der Waals surface area contributed by atoms with Crippen LogP contribution in [0.15, 0.2) is 52.3 Å². The number of pyridine rings is 2. The first-order valence-electron chi connectivity index (χ1n) is 9.12. The van der Waals surface area contributed by atoms with Crippen molar-refractivity contribution in [2.75, 3.05) is 13.1 Å². The molecule has 1 aromatic carbocycles. The molecule has 4 rings (SSSR count). The Morgan fingerprint density at radius 2 is 1.82 bits per heavy atom. The van der Waals surface area contributed by atoms with E-state index in [9.17, 15) is 13.2 Å². The number of nitrogens with zero attached hydrogens (tertiary/aromatic N) is 3. The van der Waals surface area contributed by atoms with Gasteiger partial charge in [-0.05, 0) is 37.5 Å². The van der Waals surface area contributed by atoms with E-state index in [4.69, 9.17) is 11.6 Å². The molecule has 1 saturated heterocycles. The number of aromatic nitrogens is 2. The fraction of sp³-hybridized carbons (Fsp3) is 0.300. The van der Waals surface area contributed by atoms with Crippen molar-refractivity contribution in [2.24, 2.45) is 0 Å². The summed E-state index contributed by atoms with van der Waals surface area (Å²) in [7, 11) is -3.60. The van der Waals surface area contributed by atoms with Crippen molar-refractivity contribution in [1.82, 2.24) is 13.9 Å². The zero-order chi connectivity index (χ0) is 19.9. The first-order valence-corrected chi connectivity index (χ1v) is 10.9. The van der Waals surface area contributed by atoms with Crippen LogP contribution in [0.1, 0.15) is 24.1 Å². The molecule has 6 nitrogen and oxygen atoms in total. The van der Waals surface area contributed by atoms with E-state index in [-0.39, 0.29) is 17.0 Å². The topological polar surface area (TPSA) is 72.3 Å². The predicted octanol–water partition coefficient (Wildman–Crippen LogP) is 3.19. The highest BCUT2D eigenvalue weighted by Gasteiger charge is 2.27. The lowest BCUT2D eigenvalue weighted by Crippen LogP contribution is -2.30. The van der Waals surface area contributed by atoms with E-state index < -0.39 is 10.0 Å². The maximum absolute atomic E-state index is 12.8. The molecule has 0 spiro atoms. The van der Waals surface area contributed by atoms with Gasteiger partial charge in [0.2, 0.25) is 10.0 Å². The Balaban J connectivity index is 1.76. The summed E-state index contributed by atoms with van der Waals surface area (Å²) < 4.78 is 28.4. The summed E-state index contributed by atoms with van der Waals surface area (Å²) in [5.74, 6) is 0. The standard InChI is InChI=1S/C20H20ClN3O3S/c1-14-16-6-2-3-7-17(16)22-18(20(14)21)13-23-12-15(8-9-19(23)25)28(26,27)24-10-4-5-11-24/h2-3,6-9,12H,4-5,10-11,13H2,1H3. The van der Waals surface area contributed by atoms with Crippen molar-refractivity contribution in [1.29, 1.82) is 0 Å². The maximum atomic E-state index is 12.8. The molecule has 0 amide bonds. The molecule has 8 heteroatoms. The average molecular weight is 418 g/mol. The van der Waals surface area contributed by atoms with Gasteiger partial charge in [-0.2, -0.15) is 4.31 Å². The minimum Gasteiger partial charge on any atom is -0.308 e. The summed E-state index contributed by atoms with van der Waals surface area (Å²) >= 11 is 6.50. The number of hydrogen-bond donors (Lipinski definition) is 0. The van der Waals surface area contributed by atoms with Gasteiger partial charge in [-0.15, -0.1) is 0 Å². The van der Waals surface area contributed by atoms with E-state index in [1.807, 2.05) is 31.2 Å². The van der Waals surface area contributed by atoms with Gasteiger partial charge in [0.05, 0.1) is 27.7 Å². The molecule has 0 bridgehead atoms. The summed E-state index contributed by atoms with van der Waals surface area (Å²) in [6.45, 7) is 3.04. The SMILES string of the molecule is Cc1c(Cl)c(Cn2cc(S(=O)(=O)N3CCCC3)ccc2=O)nc2ccccc12. The normalized spacial score (nSPS) is 15.4. The van der Waals surface area contributed by atoms with Gasteiger partial charge in [0.1, 0.15) is 0 Å². The maximum Gasteiger partial charge on any atom is 0.250 e. The highest BCUT2D eigenvalue weighted by Crippen LogP contribution is 2.27. The van der Waals surface area contributed by atoms with Crippen LogP contribution in [0.2, 0.25) is 5.02 Å². The van der Waals surface area contributed by atoms with Gasteiger partial charge >= 0.3 is 0 Å². The lowest BCUT2D eigenvalue weighted by Gasteiger charge is -2.17. The zero-order valence-electron chi connectivity index (χ0n) is 15.4. The summed E-state index contributed by atoms with van der Waals surface area (Å²) in [6.07, 6.45) is 3.10. The fourth-order valence-electron chi connectivity index (χ4n) is 3.55. The van der Waals surface area contributed by atoms with E-state index in [1.165, 1.54) is 27.2 Å². The Bertz CT molecular complexity index is 1220. The van der Waals surface area contributed by atoms with Gasteiger partial charge in [0.15, 0.2) is 0 Å². The van der Waals surface area contributed by atoms with Crippen LogP contribution in [0.3, 0.4) is 0 Å². The van der Waals surface area contributed by atoms with Crippen LogP contribution in [0.5, 0.6) is 0 Å². The van der Waals surface area contributed by atoms with Crippen LogP contribution in [0.25, 0.3) is 10.9 Å². The molecule has 146 valence electrons. The Morgan fingerprint density at radius 3 is 2.57 bits per heavy atom. The van der Waals surface area contributed by atoms with E-state index in [0.29, 0.717) is 23.8 Å². The minimum atomic E-state index is -3.60. The number of benzene rings is 1. The molecule has 2 aromatic heterocycles. The van der Waals surface area contributed by atoms with Gasteiger partial charge in [-0.3, -0.25) is 4.79 Å². The van der Waals surface area contributed by atoms with Crippen LogP contribution >= 0.6 is 11.6 Å². The van der Waals surface area contributed by atoms with Gasteiger partial charge in [0.25, 0.3) is 5.56 Å². The van der Waals surface area contributed by atoms with Crippen LogP contribution in [0.4, 0.5) is 0 Å². The molecule has 0 N–H and O–H groups in total. The monoisotopic (exact) mass is 417 g/mol. The first kappa shape index (κ1) is 19.1. The average Bonchev–Trinajstić information content (AvgIpc) is 3.23. The molecule has 1 aliphatic rings. The molecule has 3 aromatic rings. The van der Waals surface area contributed by atoms with E-state index in [2.05, 4.69) is 4.98 Å². The van der Waals surface area contributed by atoms with Crippen LogP contribution in [0, 0.1) is 6.92 Å². The Morgan fingerprint density at radius 1 is 1.11 bits per heavy atom. The molecule has 28 heavy (non-hydrogen) atoms. The van der Waals surface area contributed by atoms with E-state index in [1.54, 1.807) is 0 Å². The molecule has 0 radical (unpaired) electrons. The van der Waals surface area contributed by atoms with Crippen molar-refractivity contribution in [3.63, 3.8) is 0 Å². The number of fused-ring (bicyclic) bond motifs is 1. The third-order valence-electron chi connectivity index (χ3n) is 5.13. The van der Waals surface area contributed by atoms with Crippen LogP contribution in [-0.2, 0) is 16.6 Å². The highest BCUT2D eigenvalue weighted by atomic mass is 35.5. The molecule has 0 saturated carbocycles. The second kappa shape index (κ2) is 7.31. The zero-order valence-corrected chi connectivity index (χ0v) is 17.0. The number of halogens is 1. The smallest absolute Gasteiger partial charge is 0.250 e. The summed E-state index contributed by atoms with van der Waals surface area (Å²) in [5.41, 5.74) is 1.91. The Labute approximate surface area is 168 Å². The lowest BCUT2D eigenvalue weighted by molar-refractivity contribution is 0.476. The van der Waals surface area contributed by atoms with Crippen molar-refractivity contribution in [3.8, 4) is 0 Å². The third-order valence-corrected chi connectivity index (χ3v) is 7.51. The molecule has 1 fully saturated rings. The van der Waals surface area contributed by atoms with Crippen molar-refractivity contribution >= 4 is 32.5 Å². The van der Waals surface area contributed by atoms with Gasteiger partial charge in [-0.1, -0.05) is 29.8 Å². The molecular weight excluding hydrogens is 398 g/mol. The van der Waals surface area contributed by atoms with Crippen LogP contribution in [-0.4, -0.2) is 35.4 Å². The van der Waals surface area contributed by atoms with Crippen LogP contribution < -0.4 is 5.56 Å². The van der Waals surface area contributed by atoms with E-state index >= 15 is 0 Å². The summed E-state index contributed by atoms with van der Waals surface area (Å²) in [4.78, 5) is 17.1. The predicted molar refractivity (Wildman–Crippen MR) is 109 cm³/mol. The van der Waals surface area contributed by atoms with Crippen molar-refractivity contribution < 1.29 is 8.42 Å². The van der Waals surface area contributed by atoms with Crippen molar-refractivity contribution in [2.45, 2.75) is 31.2 Å². The number of para-hydroxylation sites is 1. The lowest BCUT2D eigenvalue weighted by atomic mass is 10.1.